The van der Waals surface area contributed by atoms with E-state index in [-0.39, 0.29) is 13.0 Å². The highest BCUT2D eigenvalue weighted by atomic mass is 32.3. The van der Waals surface area contributed by atoms with Gasteiger partial charge in [-0.2, -0.15) is 8.42 Å². The molecule has 0 aromatic carbocycles. The number of amides is 1. The molecule has 0 bridgehead atoms. The number of carbonyl (C=O) groups is 1. The van der Waals surface area contributed by atoms with Crippen LogP contribution in [0.3, 0.4) is 0 Å². The molecular weight excluding hydrogens is 322 g/mol. The lowest BCUT2D eigenvalue weighted by molar-refractivity contribution is -0.201. The number of carbonyl (C=O) groups excluding carboxylic acids is 1. The molecule has 7 nitrogen and oxygen atoms in total. The molecule has 0 aromatic rings. The first-order valence-electron chi connectivity index (χ1n) is 8.44. The molecular formula is C15H29NO6S. The molecule has 1 saturated heterocycles. The van der Waals surface area contributed by atoms with Gasteiger partial charge in [0, 0.05) is 13.0 Å². The molecule has 23 heavy (non-hydrogen) atoms. The van der Waals surface area contributed by atoms with Crippen molar-refractivity contribution in [2.45, 2.75) is 83.5 Å². The standard InChI is InChI=1S/C15H29NO6S/c1-3-4-5-6-7-8-9-10-11-15(21-23(19,20)22-15)14(18)16-12-13(2)17/h13,17H,3-12H2,1-2H3,(H,16,18). The lowest BCUT2D eigenvalue weighted by Gasteiger charge is -2.37. The topological polar surface area (TPSA) is 102 Å². The van der Waals surface area contributed by atoms with E-state index >= 15 is 0 Å². The predicted molar refractivity (Wildman–Crippen MR) is 85.7 cm³/mol. The van der Waals surface area contributed by atoms with Gasteiger partial charge in [0.25, 0.3) is 11.7 Å². The van der Waals surface area contributed by atoms with Crippen LogP contribution in [0.2, 0.25) is 0 Å². The molecule has 1 aliphatic heterocycles. The van der Waals surface area contributed by atoms with E-state index in [9.17, 15) is 18.3 Å². The third-order valence-electron chi connectivity index (χ3n) is 3.74. The normalized spacial score (nSPS) is 19.8. The molecule has 0 spiro atoms. The van der Waals surface area contributed by atoms with E-state index in [2.05, 4.69) is 12.2 Å². The molecule has 8 heteroatoms. The van der Waals surface area contributed by atoms with Crippen LogP contribution < -0.4 is 5.32 Å². The molecule has 1 aliphatic rings. The Bertz CT molecular complexity index is 451. The Balaban J connectivity index is 2.31. The summed E-state index contributed by atoms with van der Waals surface area (Å²) in [7, 11) is -4.05. The quantitative estimate of drug-likeness (QED) is 0.521. The van der Waals surface area contributed by atoms with Crippen molar-refractivity contribution >= 4 is 16.3 Å². The van der Waals surface area contributed by atoms with Gasteiger partial charge in [-0.15, -0.1) is 0 Å². The Hall–Kier alpha value is -0.700. The molecule has 1 fully saturated rings. The Morgan fingerprint density at radius 1 is 1.09 bits per heavy atom. The van der Waals surface area contributed by atoms with Gasteiger partial charge in [-0.3, -0.25) is 4.79 Å². The summed E-state index contributed by atoms with van der Waals surface area (Å²) in [5, 5.41) is 11.6. The number of aliphatic hydroxyl groups is 1. The first kappa shape index (κ1) is 20.3. The number of hydrogen-bond acceptors (Lipinski definition) is 6. The van der Waals surface area contributed by atoms with E-state index in [1.54, 1.807) is 0 Å². The van der Waals surface area contributed by atoms with Gasteiger partial charge in [-0.1, -0.05) is 51.9 Å². The highest BCUT2D eigenvalue weighted by Crippen LogP contribution is 2.36. The minimum atomic E-state index is -4.05. The molecule has 0 aliphatic carbocycles. The average molecular weight is 351 g/mol. The minimum absolute atomic E-state index is 0.0186. The second-order valence-corrected chi connectivity index (χ2v) is 7.26. The van der Waals surface area contributed by atoms with Crippen LogP contribution in [-0.2, 0) is 23.6 Å². The Morgan fingerprint density at radius 3 is 2.09 bits per heavy atom. The SMILES string of the molecule is CCCCCCCCCCC1(C(=O)NCC(C)O)OS(=O)(=O)O1. The number of hydrogen-bond donors (Lipinski definition) is 2. The van der Waals surface area contributed by atoms with Crippen LogP contribution in [0.5, 0.6) is 0 Å². The van der Waals surface area contributed by atoms with E-state index in [1.807, 2.05) is 0 Å². The van der Waals surface area contributed by atoms with Crippen molar-refractivity contribution in [2.24, 2.45) is 0 Å². The highest BCUT2D eigenvalue weighted by Gasteiger charge is 2.57. The molecule has 1 heterocycles. The molecule has 1 unspecified atom stereocenters. The Morgan fingerprint density at radius 2 is 1.61 bits per heavy atom. The smallest absolute Gasteiger partial charge is 0.392 e. The summed E-state index contributed by atoms with van der Waals surface area (Å²) in [5.41, 5.74) is 0. The molecule has 2 N–H and O–H groups in total. The van der Waals surface area contributed by atoms with Crippen LogP contribution in [-0.4, -0.2) is 37.9 Å². The average Bonchev–Trinajstić information content (AvgIpc) is 2.45. The molecule has 136 valence electrons. The minimum Gasteiger partial charge on any atom is -0.392 e. The number of aliphatic hydroxyl groups excluding tert-OH is 1. The molecule has 1 atom stereocenters. The second-order valence-electron chi connectivity index (χ2n) is 6.11. The molecule has 1 rings (SSSR count). The van der Waals surface area contributed by atoms with Crippen molar-refractivity contribution < 1.29 is 26.7 Å². The Labute approximate surface area is 139 Å². The van der Waals surface area contributed by atoms with E-state index in [4.69, 9.17) is 8.37 Å². The predicted octanol–water partition coefficient (Wildman–Crippen LogP) is 2.00. The van der Waals surface area contributed by atoms with Crippen LogP contribution in [0.15, 0.2) is 0 Å². The third-order valence-corrected chi connectivity index (χ3v) is 4.68. The van der Waals surface area contributed by atoms with Crippen molar-refractivity contribution in [1.82, 2.24) is 5.32 Å². The van der Waals surface area contributed by atoms with E-state index in [1.165, 1.54) is 32.6 Å². The van der Waals surface area contributed by atoms with Crippen LogP contribution in [0.25, 0.3) is 0 Å². The summed E-state index contributed by atoms with van der Waals surface area (Å²) in [6.07, 6.45) is 8.10. The molecule has 0 radical (unpaired) electrons. The maximum atomic E-state index is 12.0. The van der Waals surface area contributed by atoms with Crippen LogP contribution in [0.1, 0.15) is 71.6 Å². The van der Waals surface area contributed by atoms with Gasteiger partial charge in [-0.25, -0.2) is 8.37 Å². The lowest BCUT2D eigenvalue weighted by atomic mass is 10.0. The van der Waals surface area contributed by atoms with Crippen molar-refractivity contribution in [3.05, 3.63) is 0 Å². The molecule has 0 aromatic heterocycles. The summed E-state index contributed by atoms with van der Waals surface area (Å²) in [5.74, 6) is -2.41. The zero-order chi connectivity index (χ0) is 17.3. The van der Waals surface area contributed by atoms with Crippen molar-refractivity contribution in [3.63, 3.8) is 0 Å². The first-order chi connectivity index (χ1) is 10.8. The first-order valence-corrected chi connectivity index (χ1v) is 9.77. The van der Waals surface area contributed by atoms with Gasteiger partial charge in [-0.05, 0) is 13.3 Å². The van der Waals surface area contributed by atoms with E-state index in [0.717, 1.165) is 19.3 Å². The van der Waals surface area contributed by atoms with Gasteiger partial charge in [0.15, 0.2) is 0 Å². The van der Waals surface area contributed by atoms with Crippen LogP contribution in [0, 0.1) is 0 Å². The molecule has 0 saturated carbocycles. The maximum absolute atomic E-state index is 12.0. The second kappa shape index (κ2) is 9.56. The van der Waals surface area contributed by atoms with Gasteiger partial charge in [0.2, 0.25) is 0 Å². The monoisotopic (exact) mass is 351 g/mol. The maximum Gasteiger partial charge on any atom is 0.406 e. The zero-order valence-electron chi connectivity index (χ0n) is 14.0. The number of rotatable bonds is 12. The van der Waals surface area contributed by atoms with Crippen LogP contribution >= 0.6 is 0 Å². The fourth-order valence-electron chi connectivity index (χ4n) is 2.48. The summed E-state index contributed by atoms with van der Waals surface area (Å²) >= 11 is 0. The third kappa shape index (κ3) is 7.15. The lowest BCUT2D eigenvalue weighted by Crippen LogP contribution is -2.60. The highest BCUT2D eigenvalue weighted by molar-refractivity contribution is 7.83. The van der Waals surface area contributed by atoms with Gasteiger partial charge in [0.1, 0.15) is 0 Å². The fraction of sp³-hybridized carbons (Fsp3) is 0.933. The number of unbranched alkanes of at least 4 members (excludes halogenated alkanes) is 7. The number of nitrogens with one attached hydrogen (secondary N) is 1. The molecule has 1 amide bonds. The van der Waals surface area contributed by atoms with Crippen LogP contribution in [0.4, 0.5) is 0 Å². The van der Waals surface area contributed by atoms with Crippen molar-refractivity contribution in [1.29, 1.82) is 0 Å². The van der Waals surface area contributed by atoms with E-state index < -0.39 is 28.2 Å². The van der Waals surface area contributed by atoms with Crippen molar-refractivity contribution in [3.8, 4) is 0 Å². The van der Waals surface area contributed by atoms with Gasteiger partial charge >= 0.3 is 10.4 Å². The van der Waals surface area contributed by atoms with Gasteiger partial charge in [0.05, 0.1) is 6.10 Å². The zero-order valence-corrected chi connectivity index (χ0v) is 14.9. The van der Waals surface area contributed by atoms with Crippen molar-refractivity contribution in [2.75, 3.05) is 6.54 Å². The summed E-state index contributed by atoms with van der Waals surface area (Å²) in [6, 6.07) is 0. The fourth-order valence-corrected chi connectivity index (χ4v) is 3.47. The Kier molecular flexibility index (Phi) is 8.46. The summed E-state index contributed by atoms with van der Waals surface area (Å²) < 4.78 is 31.7. The van der Waals surface area contributed by atoms with Gasteiger partial charge < -0.3 is 10.4 Å². The summed E-state index contributed by atoms with van der Waals surface area (Å²) in [6.45, 7) is 3.71. The van der Waals surface area contributed by atoms with E-state index in [0.29, 0.717) is 6.42 Å². The summed E-state index contributed by atoms with van der Waals surface area (Å²) in [4.78, 5) is 12.0. The largest absolute Gasteiger partial charge is 0.406 e.